The van der Waals surface area contributed by atoms with E-state index in [9.17, 15) is 20.1 Å². The number of carboxylic acids is 1. The van der Waals surface area contributed by atoms with Gasteiger partial charge in [0.15, 0.2) is 0 Å². The van der Waals surface area contributed by atoms with Gasteiger partial charge in [-0.2, -0.15) is 0 Å². The third-order valence-electron chi connectivity index (χ3n) is 4.42. The van der Waals surface area contributed by atoms with Gasteiger partial charge in [0, 0.05) is 21.9 Å². The van der Waals surface area contributed by atoms with Crippen molar-refractivity contribution in [2.75, 3.05) is 0 Å². The molecule has 0 saturated carbocycles. The average molecular weight is 330 g/mol. The summed E-state index contributed by atoms with van der Waals surface area (Å²) in [7, 11) is 0. The van der Waals surface area contributed by atoms with Gasteiger partial charge in [-0.15, -0.1) is 0 Å². The lowest BCUT2D eigenvalue weighted by atomic mass is 9.92. The van der Waals surface area contributed by atoms with E-state index in [1.165, 1.54) is 6.07 Å². The van der Waals surface area contributed by atoms with Gasteiger partial charge < -0.3 is 15.3 Å². The minimum Gasteiger partial charge on any atom is -0.507 e. The van der Waals surface area contributed by atoms with Crippen LogP contribution in [0.15, 0.2) is 66.7 Å². The van der Waals surface area contributed by atoms with Crippen LogP contribution in [0.2, 0.25) is 0 Å². The molecular weight excluding hydrogens is 316 g/mol. The van der Waals surface area contributed by atoms with Crippen molar-refractivity contribution in [1.29, 1.82) is 0 Å². The number of phenolic OH excluding ortho intramolecular Hbond substituents is 2. The van der Waals surface area contributed by atoms with Gasteiger partial charge in [-0.05, 0) is 22.9 Å². The molecule has 0 saturated heterocycles. The van der Waals surface area contributed by atoms with E-state index in [0.29, 0.717) is 21.7 Å². The quantitative estimate of drug-likeness (QED) is 0.495. The largest absolute Gasteiger partial charge is 0.507 e. The van der Waals surface area contributed by atoms with Crippen LogP contribution in [0.4, 0.5) is 0 Å². The maximum Gasteiger partial charge on any atom is 0.336 e. The van der Waals surface area contributed by atoms with E-state index in [0.717, 1.165) is 5.39 Å². The number of carbonyl (C=O) groups is 1. The summed E-state index contributed by atoms with van der Waals surface area (Å²) in [5.74, 6) is -1.36. The Balaban J connectivity index is 2.13. The highest BCUT2D eigenvalue weighted by Crippen LogP contribution is 2.44. The summed E-state index contributed by atoms with van der Waals surface area (Å²) in [6, 6.07) is 19.2. The van der Waals surface area contributed by atoms with Crippen molar-refractivity contribution >= 4 is 27.5 Å². The lowest BCUT2D eigenvalue weighted by molar-refractivity contribution is 0.0697. The molecule has 4 heteroatoms. The molecular formula is C21H14O4. The predicted molar refractivity (Wildman–Crippen MR) is 97.2 cm³/mol. The fourth-order valence-corrected chi connectivity index (χ4v) is 3.23. The summed E-state index contributed by atoms with van der Waals surface area (Å²) >= 11 is 0. The van der Waals surface area contributed by atoms with E-state index in [1.54, 1.807) is 48.5 Å². The lowest BCUT2D eigenvalue weighted by Gasteiger charge is -2.14. The van der Waals surface area contributed by atoms with Crippen molar-refractivity contribution in [1.82, 2.24) is 0 Å². The maximum atomic E-state index is 11.8. The zero-order chi connectivity index (χ0) is 17.6. The first kappa shape index (κ1) is 15.0. The van der Waals surface area contributed by atoms with Crippen LogP contribution in [0.1, 0.15) is 10.4 Å². The minimum absolute atomic E-state index is 0.0498. The number of benzene rings is 4. The molecule has 0 spiro atoms. The third-order valence-corrected chi connectivity index (χ3v) is 4.42. The van der Waals surface area contributed by atoms with Crippen LogP contribution < -0.4 is 0 Å². The second kappa shape index (κ2) is 5.53. The molecule has 0 aromatic heterocycles. The fourth-order valence-electron chi connectivity index (χ4n) is 3.23. The van der Waals surface area contributed by atoms with Crippen LogP contribution >= 0.6 is 0 Å². The van der Waals surface area contributed by atoms with E-state index in [4.69, 9.17) is 0 Å². The molecule has 0 amide bonds. The topological polar surface area (TPSA) is 77.8 Å². The van der Waals surface area contributed by atoms with Gasteiger partial charge in [0.05, 0.1) is 5.56 Å². The molecule has 3 N–H and O–H groups in total. The zero-order valence-electron chi connectivity index (χ0n) is 13.1. The maximum absolute atomic E-state index is 11.8. The Labute approximate surface area is 143 Å². The minimum atomic E-state index is -1.16. The molecule has 122 valence electrons. The summed E-state index contributed by atoms with van der Waals surface area (Å²) in [6.07, 6.45) is 0. The number of phenols is 2. The molecule has 4 rings (SSSR count). The number of aromatic hydroxyl groups is 2. The van der Waals surface area contributed by atoms with Gasteiger partial charge in [0.2, 0.25) is 0 Å². The van der Waals surface area contributed by atoms with Crippen LogP contribution in [-0.4, -0.2) is 21.3 Å². The Morgan fingerprint density at radius 1 is 0.720 bits per heavy atom. The molecule has 4 aromatic rings. The van der Waals surface area contributed by atoms with Crippen LogP contribution in [0.25, 0.3) is 32.7 Å². The molecule has 0 bridgehead atoms. The molecule has 4 nitrogen and oxygen atoms in total. The number of rotatable bonds is 2. The Bertz CT molecular complexity index is 1150. The Kier molecular flexibility index (Phi) is 3.32. The molecule has 0 aliphatic rings. The summed E-state index contributed by atoms with van der Waals surface area (Å²) < 4.78 is 0. The molecule has 0 heterocycles. The Morgan fingerprint density at radius 3 is 2.00 bits per heavy atom. The molecule has 0 aliphatic carbocycles. The van der Waals surface area contributed by atoms with Gasteiger partial charge in [-0.1, -0.05) is 54.6 Å². The van der Waals surface area contributed by atoms with E-state index < -0.39 is 5.97 Å². The first-order valence-corrected chi connectivity index (χ1v) is 7.77. The van der Waals surface area contributed by atoms with Gasteiger partial charge in [0.1, 0.15) is 11.5 Å². The first-order valence-electron chi connectivity index (χ1n) is 7.77. The Morgan fingerprint density at radius 2 is 1.32 bits per heavy atom. The smallest absolute Gasteiger partial charge is 0.336 e. The van der Waals surface area contributed by atoms with Crippen LogP contribution in [0.3, 0.4) is 0 Å². The molecule has 0 fully saturated rings. The van der Waals surface area contributed by atoms with Gasteiger partial charge in [-0.3, -0.25) is 0 Å². The summed E-state index contributed by atoms with van der Waals surface area (Å²) in [5.41, 5.74) is 0.357. The number of hydrogen-bond donors (Lipinski definition) is 3. The van der Waals surface area contributed by atoms with E-state index in [-0.39, 0.29) is 22.6 Å². The van der Waals surface area contributed by atoms with Crippen LogP contribution in [0.5, 0.6) is 11.5 Å². The van der Waals surface area contributed by atoms with Crippen molar-refractivity contribution in [3.05, 3.63) is 72.3 Å². The zero-order valence-corrected chi connectivity index (χ0v) is 13.1. The third kappa shape index (κ3) is 2.27. The molecule has 0 radical (unpaired) electrons. The molecule has 0 atom stereocenters. The van der Waals surface area contributed by atoms with Crippen LogP contribution in [-0.2, 0) is 0 Å². The average Bonchev–Trinajstić information content (AvgIpc) is 2.63. The number of aromatic carboxylic acids is 1. The summed E-state index contributed by atoms with van der Waals surface area (Å²) in [4.78, 5) is 11.8. The van der Waals surface area contributed by atoms with E-state index in [2.05, 4.69) is 0 Å². The highest BCUT2D eigenvalue weighted by molar-refractivity contribution is 6.09. The van der Waals surface area contributed by atoms with Gasteiger partial charge >= 0.3 is 5.97 Å². The number of carboxylic acid groups (broad SMARTS) is 1. The van der Waals surface area contributed by atoms with Gasteiger partial charge in [0.25, 0.3) is 0 Å². The molecule has 0 aliphatic heterocycles. The first-order chi connectivity index (χ1) is 12.1. The monoisotopic (exact) mass is 330 g/mol. The molecule has 0 unspecified atom stereocenters. The van der Waals surface area contributed by atoms with E-state index in [1.807, 2.05) is 12.1 Å². The highest BCUT2D eigenvalue weighted by Gasteiger charge is 2.22. The summed E-state index contributed by atoms with van der Waals surface area (Å²) in [6.45, 7) is 0. The molecule has 25 heavy (non-hydrogen) atoms. The Hall–Kier alpha value is -3.53. The highest BCUT2D eigenvalue weighted by atomic mass is 16.4. The van der Waals surface area contributed by atoms with E-state index >= 15 is 0 Å². The van der Waals surface area contributed by atoms with Gasteiger partial charge in [-0.25, -0.2) is 4.79 Å². The van der Waals surface area contributed by atoms with Crippen molar-refractivity contribution in [3.8, 4) is 22.6 Å². The SMILES string of the molecule is O=C(O)c1cc2ccccc2c(O)c1-c1ccc2ccccc2c1O. The predicted octanol–water partition coefficient (Wildman–Crippen LogP) is 4.77. The van der Waals surface area contributed by atoms with Crippen molar-refractivity contribution in [3.63, 3.8) is 0 Å². The summed E-state index contributed by atoms with van der Waals surface area (Å²) in [5, 5.41) is 33.7. The normalized spacial score (nSPS) is 11.0. The van der Waals surface area contributed by atoms with Crippen LogP contribution in [0, 0.1) is 0 Å². The van der Waals surface area contributed by atoms with Crippen molar-refractivity contribution in [2.24, 2.45) is 0 Å². The molecule has 4 aromatic carbocycles. The second-order valence-electron chi connectivity index (χ2n) is 5.86. The van der Waals surface area contributed by atoms with Crippen molar-refractivity contribution in [2.45, 2.75) is 0 Å². The lowest BCUT2D eigenvalue weighted by Crippen LogP contribution is -2.01. The number of hydrogen-bond acceptors (Lipinski definition) is 3. The number of fused-ring (bicyclic) bond motifs is 2. The standard InChI is InChI=1S/C21H14O4/c22-19-14-7-3-1-5-12(14)9-10-16(19)18-17(21(24)25)11-13-6-2-4-8-15(13)20(18)23/h1-11,22-23H,(H,24,25). The second-order valence-corrected chi connectivity index (χ2v) is 5.86. The fraction of sp³-hybridized carbons (Fsp3) is 0. The van der Waals surface area contributed by atoms with Crippen molar-refractivity contribution < 1.29 is 20.1 Å².